The number of carbonyl (C=O) groups excluding carboxylic acids is 2. The molecule has 1 fully saturated rings. The van der Waals surface area contributed by atoms with Crippen molar-refractivity contribution >= 4 is 23.3 Å². The molecule has 0 spiro atoms. The monoisotopic (exact) mass is 357 g/mol. The standard InChI is InChI=1S/C20H20ClNO3/c21-17-8-10-18(11-9-17)25-14-19(23)22-12-4-7-16(13-22)20(24)15-5-2-1-3-6-15/h1-3,5-6,8-11,16H,4,7,12-14H2. The Kier molecular flexibility index (Phi) is 5.71. The van der Waals surface area contributed by atoms with Gasteiger partial charge in [-0.05, 0) is 37.1 Å². The van der Waals surface area contributed by atoms with Crippen LogP contribution in [0, 0.1) is 5.92 Å². The molecule has 2 aromatic rings. The molecule has 1 atom stereocenters. The van der Waals surface area contributed by atoms with Crippen molar-refractivity contribution in [3.05, 3.63) is 65.2 Å². The molecule has 0 radical (unpaired) electrons. The van der Waals surface area contributed by atoms with Crippen molar-refractivity contribution in [1.29, 1.82) is 0 Å². The Balaban J connectivity index is 1.56. The Morgan fingerprint density at radius 3 is 2.52 bits per heavy atom. The zero-order chi connectivity index (χ0) is 17.6. The SMILES string of the molecule is O=C(c1ccccc1)C1CCCN(C(=O)COc2ccc(Cl)cc2)C1. The minimum absolute atomic E-state index is 0.0338. The number of Topliss-reactive ketones (excluding diaryl/α,β-unsaturated/α-hetero) is 1. The Hall–Kier alpha value is -2.33. The molecule has 1 aliphatic heterocycles. The Morgan fingerprint density at radius 2 is 1.80 bits per heavy atom. The van der Waals surface area contributed by atoms with E-state index < -0.39 is 0 Å². The zero-order valence-electron chi connectivity index (χ0n) is 13.9. The van der Waals surface area contributed by atoms with Crippen LogP contribution in [0.25, 0.3) is 0 Å². The molecule has 0 bridgehead atoms. The quantitative estimate of drug-likeness (QED) is 0.764. The Morgan fingerprint density at radius 1 is 1.08 bits per heavy atom. The molecule has 1 unspecified atom stereocenters. The van der Waals surface area contributed by atoms with E-state index in [1.165, 1.54) is 0 Å². The van der Waals surface area contributed by atoms with Crippen molar-refractivity contribution in [2.75, 3.05) is 19.7 Å². The highest BCUT2D eigenvalue weighted by atomic mass is 35.5. The van der Waals surface area contributed by atoms with Gasteiger partial charge in [-0.25, -0.2) is 0 Å². The van der Waals surface area contributed by atoms with Gasteiger partial charge in [0.2, 0.25) is 0 Å². The molecular formula is C20H20ClNO3. The topological polar surface area (TPSA) is 46.6 Å². The highest BCUT2D eigenvalue weighted by Gasteiger charge is 2.29. The molecule has 1 amide bonds. The van der Waals surface area contributed by atoms with Gasteiger partial charge in [0.25, 0.3) is 5.91 Å². The third kappa shape index (κ3) is 4.60. The zero-order valence-corrected chi connectivity index (χ0v) is 14.6. The molecule has 1 saturated heterocycles. The number of likely N-dealkylation sites (tertiary alicyclic amines) is 1. The van der Waals surface area contributed by atoms with E-state index in [-0.39, 0.29) is 24.2 Å². The number of ketones is 1. The molecule has 0 saturated carbocycles. The third-order valence-corrected chi connectivity index (χ3v) is 4.63. The van der Waals surface area contributed by atoms with Crippen LogP contribution in [0.15, 0.2) is 54.6 Å². The van der Waals surface area contributed by atoms with Gasteiger partial charge >= 0.3 is 0 Å². The van der Waals surface area contributed by atoms with E-state index in [1.807, 2.05) is 30.3 Å². The van der Waals surface area contributed by atoms with Crippen molar-refractivity contribution in [3.63, 3.8) is 0 Å². The summed E-state index contributed by atoms with van der Waals surface area (Å²) in [6.07, 6.45) is 1.64. The lowest BCUT2D eigenvalue weighted by Crippen LogP contribution is -2.44. The fourth-order valence-electron chi connectivity index (χ4n) is 3.02. The van der Waals surface area contributed by atoms with Gasteiger partial charge in [0.15, 0.2) is 12.4 Å². The fourth-order valence-corrected chi connectivity index (χ4v) is 3.15. The number of halogens is 1. The predicted octanol–water partition coefficient (Wildman–Crippen LogP) is 3.84. The molecule has 130 valence electrons. The fraction of sp³-hybridized carbons (Fsp3) is 0.300. The number of amides is 1. The summed E-state index contributed by atoms with van der Waals surface area (Å²) in [4.78, 5) is 26.7. The van der Waals surface area contributed by atoms with Crippen LogP contribution in [0.3, 0.4) is 0 Å². The number of nitrogens with zero attached hydrogens (tertiary/aromatic N) is 1. The van der Waals surface area contributed by atoms with Crippen LogP contribution in [0.1, 0.15) is 23.2 Å². The lowest BCUT2D eigenvalue weighted by molar-refractivity contribution is -0.134. The first-order chi connectivity index (χ1) is 12.1. The highest BCUT2D eigenvalue weighted by molar-refractivity contribution is 6.30. The molecule has 2 aromatic carbocycles. The van der Waals surface area contributed by atoms with Gasteiger partial charge in [-0.3, -0.25) is 9.59 Å². The van der Waals surface area contributed by atoms with E-state index in [2.05, 4.69) is 0 Å². The third-order valence-electron chi connectivity index (χ3n) is 4.38. The maximum atomic E-state index is 12.6. The van der Waals surface area contributed by atoms with E-state index in [0.29, 0.717) is 29.4 Å². The van der Waals surface area contributed by atoms with Crippen LogP contribution >= 0.6 is 11.6 Å². The van der Waals surface area contributed by atoms with Crippen LogP contribution < -0.4 is 4.74 Å². The van der Waals surface area contributed by atoms with Gasteiger partial charge in [0.05, 0.1) is 0 Å². The maximum Gasteiger partial charge on any atom is 0.260 e. The number of hydrogen-bond donors (Lipinski definition) is 0. The van der Waals surface area contributed by atoms with Crippen molar-refractivity contribution in [1.82, 2.24) is 4.90 Å². The molecule has 4 nitrogen and oxygen atoms in total. The number of benzene rings is 2. The van der Waals surface area contributed by atoms with Crippen molar-refractivity contribution in [2.45, 2.75) is 12.8 Å². The van der Waals surface area contributed by atoms with Crippen LogP contribution in [-0.4, -0.2) is 36.3 Å². The average molecular weight is 358 g/mol. The van der Waals surface area contributed by atoms with Crippen LogP contribution in [0.5, 0.6) is 5.75 Å². The second-order valence-electron chi connectivity index (χ2n) is 6.15. The van der Waals surface area contributed by atoms with Crippen molar-refractivity contribution in [3.8, 4) is 5.75 Å². The summed E-state index contributed by atoms with van der Waals surface area (Å²) in [5.41, 5.74) is 0.708. The lowest BCUT2D eigenvalue weighted by atomic mass is 9.90. The van der Waals surface area contributed by atoms with Crippen LogP contribution in [-0.2, 0) is 4.79 Å². The van der Waals surface area contributed by atoms with Gasteiger partial charge in [-0.1, -0.05) is 41.9 Å². The summed E-state index contributed by atoms with van der Waals surface area (Å²) in [7, 11) is 0. The largest absolute Gasteiger partial charge is 0.484 e. The molecule has 0 aliphatic carbocycles. The first-order valence-electron chi connectivity index (χ1n) is 8.39. The number of carbonyl (C=O) groups is 2. The van der Waals surface area contributed by atoms with Crippen LogP contribution in [0.2, 0.25) is 5.02 Å². The van der Waals surface area contributed by atoms with Gasteiger partial charge in [0.1, 0.15) is 5.75 Å². The van der Waals surface area contributed by atoms with Gasteiger partial charge in [0, 0.05) is 29.6 Å². The van der Waals surface area contributed by atoms with Crippen molar-refractivity contribution in [2.24, 2.45) is 5.92 Å². The summed E-state index contributed by atoms with van der Waals surface area (Å²) in [5.74, 6) is 0.472. The van der Waals surface area contributed by atoms with E-state index in [0.717, 1.165) is 12.8 Å². The number of ether oxygens (including phenoxy) is 1. The Bertz CT molecular complexity index is 730. The summed E-state index contributed by atoms with van der Waals surface area (Å²) in [6, 6.07) is 16.2. The van der Waals surface area contributed by atoms with E-state index in [4.69, 9.17) is 16.3 Å². The second-order valence-corrected chi connectivity index (χ2v) is 6.59. The first-order valence-corrected chi connectivity index (χ1v) is 8.76. The maximum absolute atomic E-state index is 12.6. The smallest absolute Gasteiger partial charge is 0.260 e. The Labute approximate surface area is 152 Å². The summed E-state index contributed by atoms with van der Waals surface area (Å²) in [6.45, 7) is 1.09. The first kappa shape index (κ1) is 17.5. The van der Waals surface area contributed by atoms with Gasteiger partial charge in [-0.2, -0.15) is 0 Å². The summed E-state index contributed by atoms with van der Waals surface area (Å²) >= 11 is 5.83. The lowest BCUT2D eigenvalue weighted by Gasteiger charge is -2.32. The van der Waals surface area contributed by atoms with Gasteiger partial charge in [-0.15, -0.1) is 0 Å². The number of rotatable bonds is 5. The molecule has 0 aromatic heterocycles. The average Bonchev–Trinajstić information content (AvgIpc) is 2.67. The van der Waals surface area contributed by atoms with E-state index >= 15 is 0 Å². The molecule has 0 N–H and O–H groups in total. The predicted molar refractivity (Wildman–Crippen MR) is 97.0 cm³/mol. The van der Waals surface area contributed by atoms with Gasteiger partial charge < -0.3 is 9.64 Å². The second kappa shape index (κ2) is 8.17. The van der Waals surface area contributed by atoms with E-state index in [1.54, 1.807) is 29.2 Å². The molecular weight excluding hydrogens is 338 g/mol. The normalized spacial score (nSPS) is 17.2. The summed E-state index contributed by atoms with van der Waals surface area (Å²) in [5, 5.41) is 0.622. The molecule has 1 heterocycles. The molecule has 1 aliphatic rings. The molecule has 5 heteroatoms. The highest BCUT2D eigenvalue weighted by Crippen LogP contribution is 2.21. The molecule has 3 rings (SSSR count). The number of piperidine rings is 1. The van der Waals surface area contributed by atoms with Crippen molar-refractivity contribution < 1.29 is 14.3 Å². The minimum Gasteiger partial charge on any atom is -0.484 e. The minimum atomic E-state index is -0.143. The molecule has 25 heavy (non-hydrogen) atoms. The number of hydrogen-bond acceptors (Lipinski definition) is 3. The summed E-state index contributed by atoms with van der Waals surface area (Å²) < 4.78 is 5.52. The van der Waals surface area contributed by atoms with Crippen LogP contribution in [0.4, 0.5) is 0 Å². The van der Waals surface area contributed by atoms with E-state index in [9.17, 15) is 9.59 Å².